The Labute approximate surface area is 165 Å². The van der Waals surface area contributed by atoms with Crippen LogP contribution in [0, 0.1) is 5.82 Å². The van der Waals surface area contributed by atoms with Crippen molar-refractivity contribution < 1.29 is 4.39 Å². The highest BCUT2D eigenvalue weighted by molar-refractivity contribution is 5.87. The molecule has 1 aliphatic heterocycles. The summed E-state index contributed by atoms with van der Waals surface area (Å²) in [5.41, 5.74) is 5.98. The molecule has 6 nitrogen and oxygen atoms in total. The van der Waals surface area contributed by atoms with E-state index in [0.29, 0.717) is 5.65 Å². The number of fused-ring (bicyclic) bond motifs is 4. The summed E-state index contributed by atoms with van der Waals surface area (Å²) in [5.74, 6) is 0.553. The van der Waals surface area contributed by atoms with Crippen molar-refractivity contribution >= 4 is 27.9 Å². The van der Waals surface area contributed by atoms with E-state index in [1.807, 2.05) is 18.2 Å². The SMILES string of the molecule is Fc1ccc(C2c3[nH]c4ccccc4c3CCN2c2ncnc3nc[nH]c23)cc1. The summed E-state index contributed by atoms with van der Waals surface area (Å²) in [6, 6.07) is 14.9. The van der Waals surface area contributed by atoms with Gasteiger partial charge < -0.3 is 14.9 Å². The Morgan fingerprint density at radius 1 is 1.00 bits per heavy atom. The standard InChI is InChI=1S/C22H17FN6/c23-14-7-5-13(6-8-14)20-18-16(15-3-1-2-4-17(15)28-18)9-10-29(20)22-19-21(25-11-24-19)26-12-27-22/h1-8,11-12,20,28H,9-10H2,(H,24,25,26,27). The zero-order valence-corrected chi connectivity index (χ0v) is 15.4. The largest absolute Gasteiger partial charge is 0.356 e. The Morgan fingerprint density at radius 3 is 2.76 bits per heavy atom. The van der Waals surface area contributed by atoms with Gasteiger partial charge in [0.25, 0.3) is 0 Å². The number of rotatable bonds is 2. The van der Waals surface area contributed by atoms with E-state index in [4.69, 9.17) is 0 Å². The minimum atomic E-state index is -0.244. The molecule has 4 heterocycles. The molecule has 29 heavy (non-hydrogen) atoms. The fourth-order valence-corrected chi connectivity index (χ4v) is 4.43. The van der Waals surface area contributed by atoms with Gasteiger partial charge in [0.1, 0.15) is 17.7 Å². The van der Waals surface area contributed by atoms with Crippen LogP contribution in [0.2, 0.25) is 0 Å². The van der Waals surface area contributed by atoms with Crippen LogP contribution in [-0.2, 0) is 6.42 Å². The average molecular weight is 384 g/mol. The van der Waals surface area contributed by atoms with Gasteiger partial charge in [0, 0.05) is 23.1 Å². The van der Waals surface area contributed by atoms with E-state index in [1.54, 1.807) is 12.7 Å². The molecule has 1 atom stereocenters. The first-order valence-corrected chi connectivity index (χ1v) is 9.55. The molecule has 2 N–H and O–H groups in total. The monoisotopic (exact) mass is 384 g/mol. The average Bonchev–Trinajstić information content (AvgIpc) is 3.38. The number of aromatic nitrogens is 5. The molecule has 3 aromatic heterocycles. The molecule has 2 aromatic carbocycles. The zero-order valence-electron chi connectivity index (χ0n) is 15.4. The van der Waals surface area contributed by atoms with Crippen molar-refractivity contribution in [1.82, 2.24) is 24.9 Å². The van der Waals surface area contributed by atoms with E-state index in [2.05, 4.69) is 48.0 Å². The van der Waals surface area contributed by atoms with Crippen molar-refractivity contribution in [3.63, 3.8) is 0 Å². The molecule has 0 aliphatic carbocycles. The van der Waals surface area contributed by atoms with Crippen LogP contribution in [0.15, 0.2) is 61.2 Å². The molecule has 7 heteroatoms. The number of nitrogens with zero attached hydrogens (tertiary/aromatic N) is 4. The van der Waals surface area contributed by atoms with Crippen LogP contribution < -0.4 is 4.90 Å². The molecule has 0 amide bonds. The van der Waals surface area contributed by atoms with E-state index in [-0.39, 0.29) is 11.9 Å². The van der Waals surface area contributed by atoms with Crippen LogP contribution in [0.3, 0.4) is 0 Å². The Kier molecular flexibility index (Phi) is 3.43. The van der Waals surface area contributed by atoms with Crippen molar-refractivity contribution in [2.75, 3.05) is 11.4 Å². The Balaban J connectivity index is 1.60. The lowest BCUT2D eigenvalue weighted by Gasteiger charge is -2.37. The highest BCUT2D eigenvalue weighted by atomic mass is 19.1. The van der Waals surface area contributed by atoms with Gasteiger partial charge in [0.15, 0.2) is 11.5 Å². The number of nitrogens with one attached hydrogen (secondary N) is 2. The van der Waals surface area contributed by atoms with Crippen molar-refractivity contribution in [1.29, 1.82) is 0 Å². The quantitative estimate of drug-likeness (QED) is 0.480. The second kappa shape index (κ2) is 6.13. The van der Waals surface area contributed by atoms with Gasteiger partial charge in [-0.05, 0) is 35.7 Å². The third-order valence-corrected chi connectivity index (χ3v) is 5.70. The van der Waals surface area contributed by atoms with Crippen LogP contribution in [0.4, 0.5) is 10.2 Å². The highest BCUT2D eigenvalue weighted by Crippen LogP contribution is 2.41. The number of para-hydroxylation sites is 1. The molecule has 1 aliphatic rings. The van der Waals surface area contributed by atoms with Crippen molar-refractivity contribution in [2.45, 2.75) is 12.5 Å². The summed E-state index contributed by atoms with van der Waals surface area (Å²) >= 11 is 0. The molecule has 0 saturated heterocycles. The molecule has 0 fully saturated rings. The molecular formula is C22H17FN6. The first-order valence-electron chi connectivity index (χ1n) is 9.55. The number of hydrogen-bond acceptors (Lipinski definition) is 4. The van der Waals surface area contributed by atoms with Gasteiger partial charge in [0.05, 0.1) is 12.4 Å². The predicted octanol–water partition coefficient (Wildman–Crippen LogP) is 4.13. The Hall–Kier alpha value is -3.74. The van der Waals surface area contributed by atoms with Gasteiger partial charge >= 0.3 is 0 Å². The van der Waals surface area contributed by atoms with Crippen LogP contribution in [0.25, 0.3) is 22.1 Å². The molecular weight excluding hydrogens is 367 g/mol. The van der Waals surface area contributed by atoms with E-state index in [9.17, 15) is 4.39 Å². The van der Waals surface area contributed by atoms with Gasteiger partial charge in [-0.25, -0.2) is 19.3 Å². The molecule has 0 radical (unpaired) electrons. The highest BCUT2D eigenvalue weighted by Gasteiger charge is 2.33. The summed E-state index contributed by atoms with van der Waals surface area (Å²) < 4.78 is 13.6. The maximum atomic E-state index is 13.6. The van der Waals surface area contributed by atoms with Gasteiger partial charge in [-0.1, -0.05) is 30.3 Å². The van der Waals surface area contributed by atoms with Crippen molar-refractivity contribution in [3.05, 3.63) is 83.8 Å². The summed E-state index contributed by atoms with van der Waals surface area (Å²) in [5, 5.41) is 1.24. The maximum absolute atomic E-state index is 13.6. The minimum absolute atomic E-state index is 0.117. The normalized spacial score (nSPS) is 16.4. The van der Waals surface area contributed by atoms with Crippen LogP contribution in [0.5, 0.6) is 0 Å². The van der Waals surface area contributed by atoms with Gasteiger partial charge in [0.2, 0.25) is 0 Å². The minimum Gasteiger partial charge on any atom is -0.356 e. The predicted molar refractivity (Wildman–Crippen MR) is 109 cm³/mol. The lowest BCUT2D eigenvalue weighted by atomic mass is 9.92. The molecule has 5 aromatic rings. The third kappa shape index (κ3) is 2.44. The van der Waals surface area contributed by atoms with Crippen molar-refractivity contribution in [2.24, 2.45) is 0 Å². The topological polar surface area (TPSA) is 73.5 Å². The second-order valence-electron chi connectivity index (χ2n) is 7.26. The van der Waals surface area contributed by atoms with Crippen LogP contribution >= 0.6 is 0 Å². The van der Waals surface area contributed by atoms with Gasteiger partial charge in [-0.3, -0.25) is 0 Å². The lowest BCUT2D eigenvalue weighted by Crippen LogP contribution is -2.37. The van der Waals surface area contributed by atoms with Gasteiger partial charge in [-0.15, -0.1) is 0 Å². The summed E-state index contributed by atoms with van der Waals surface area (Å²) in [6.45, 7) is 0.780. The lowest BCUT2D eigenvalue weighted by molar-refractivity contribution is 0.617. The number of benzene rings is 2. The van der Waals surface area contributed by atoms with Gasteiger partial charge in [-0.2, -0.15) is 0 Å². The van der Waals surface area contributed by atoms with E-state index < -0.39 is 0 Å². The molecule has 0 bridgehead atoms. The summed E-state index contributed by atoms with van der Waals surface area (Å²) in [7, 11) is 0. The van der Waals surface area contributed by atoms with Crippen LogP contribution in [0.1, 0.15) is 22.9 Å². The fourth-order valence-electron chi connectivity index (χ4n) is 4.43. The summed E-state index contributed by atoms with van der Waals surface area (Å²) in [6.07, 6.45) is 4.06. The van der Waals surface area contributed by atoms with Crippen LogP contribution in [-0.4, -0.2) is 31.5 Å². The molecule has 0 spiro atoms. The number of aromatic amines is 2. The Bertz CT molecular complexity index is 1340. The fraction of sp³-hybridized carbons (Fsp3) is 0.136. The number of H-pyrrole nitrogens is 2. The first-order chi connectivity index (χ1) is 14.3. The molecule has 142 valence electrons. The number of hydrogen-bond donors (Lipinski definition) is 2. The molecule has 6 rings (SSSR count). The number of anilines is 1. The van der Waals surface area contributed by atoms with Crippen molar-refractivity contribution in [3.8, 4) is 0 Å². The smallest absolute Gasteiger partial charge is 0.182 e. The van der Waals surface area contributed by atoms with E-state index >= 15 is 0 Å². The number of imidazole rings is 1. The van der Waals surface area contributed by atoms with E-state index in [1.165, 1.54) is 23.1 Å². The zero-order chi connectivity index (χ0) is 19.4. The second-order valence-corrected chi connectivity index (χ2v) is 7.26. The molecule has 1 unspecified atom stereocenters. The Morgan fingerprint density at radius 2 is 1.86 bits per heavy atom. The third-order valence-electron chi connectivity index (χ3n) is 5.70. The molecule has 0 saturated carbocycles. The number of halogens is 1. The van der Waals surface area contributed by atoms with E-state index in [0.717, 1.165) is 41.1 Å². The summed E-state index contributed by atoms with van der Waals surface area (Å²) in [4.78, 5) is 22.1. The maximum Gasteiger partial charge on any atom is 0.182 e. The first kappa shape index (κ1) is 16.2.